The highest BCUT2D eigenvalue weighted by molar-refractivity contribution is 5.79. The maximum Gasteiger partial charge on any atom is 0.206 e. The van der Waals surface area contributed by atoms with Crippen molar-refractivity contribution in [2.24, 2.45) is 10.8 Å². The molecule has 94 valence electrons. The van der Waals surface area contributed by atoms with Gasteiger partial charge in [-0.1, -0.05) is 12.8 Å². The minimum absolute atomic E-state index is 0.339. The van der Waals surface area contributed by atoms with Crippen molar-refractivity contribution in [2.45, 2.75) is 44.7 Å². The molecule has 16 heavy (non-hydrogen) atoms. The van der Waals surface area contributed by atoms with Crippen LogP contribution in [-0.2, 0) is 0 Å². The molecule has 0 radical (unpaired) electrons. The van der Waals surface area contributed by atoms with Crippen LogP contribution in [0.1, 0.15) is 32.6 Å². The van der Waals surface area contributed by atoms with Crippen molar-refractivity contribution >= 4 is 5.96 Å². The number of hydrogen-bond donors (Lipinski definition) is 3. The number of nitrogens with one attached hydrogen (secondary N) is 2. The molecular formula is C11H25N5. The molecule has 1 fully saturated rings. The van der Waals surface area contributed by atoms with E-state index in [2.05, 4.69) is 41.7 Å². The van der Waals surface area contributed by atoms with E-state index in [1.807, 2.05) is 0 Å². The van der Waals surface area contributed by atoms with E-state index in [0.29, 0.717) is 12.1 Å². The summed E-state index contributed by atoms with van der Waals surface area (Å²) in [4.78, 5) is 6.73. The van der Waals surface area contributed by atoms with Gasteiger partial charge < -0.3 is 10.2 Å². The Bertz CT molecular complexity index is 220. The predicted octanol–water partition coefficient (Wildman–Crippen LogP) is 0.288. The number of rotatable bonds is 4. The smallest absolute Gasteiger partial charge is 0.206 e. The Labute approximate surface area is 98.4 Å². The number of guanidine groups is 1. The van der Waals surface area contributed by atoms with E-state index in [0.717, 1.165) is 12.5 Å². The van der Waals surface area contributed by atoms with Gasteiger partial charge in [-0.2, -0.15) is 0 Å². The van der Waals surface area contributed by atoms with Crippen LogP contribution in [0.15, 0.2) is 4.99 Å². The summed E-state index contributed by atoms with van der Waals surface area (Å²) in [7, 11) is 4.11. The van der Waals surface area contributed by atoms with E-state index in [4.69, 9.17) is 5.84 Å². The van der Waals surface area contributed by atoms with Gasteiger partial charge in [0.05, 0.1) is 6.04 Å². The summed E-state index contributed by atoms with van der Waals surface area (Å²) < 4.78 is 0. The normalized spacial score (nSPS) is 20.2. The fourth-order valence-corrected chi connectivity index (χ4v) is 2.16. The molecule has 0 aromatic carbocycles. The van der Waals surface area contributed by atoms with E-state index >= 15 is 0 Å². The fraction of sp³-hybridized carbons (Fsp3) is 0.909. The lowest BCUT2D eigenvalue weighted by molar-refractivity contribution is 0.368. The quantitative estimate of drug-likeness (QED) is 0.279. The molecule has 5 nitrogen and oxygen atoms in total. The van der Waals surface area contributed by atoms with Gasteiger partial charge in [0.1, 0.15) is 0 Å². The van der Waals surface area contributed by atoms with Crippen molar-refractivity contribution in [1.82, 2.24) is 15.6 Å². The SMILES string of the molecule is CC(CN(C)C)NC(=NC1CCCC1)NN. The van der Waals surface area contributed by atoms with Crippen molar-refractivity contribution < 1.29 is 0 Å². The average molecular weight is 227 g/mol. The summed E-state index contributed by atoms with van der Waals surface area (Å²) in [5.74, 6) is 6.20. The van der Waals surface area contributed by atoms with Crippen LogP contribution in [0.25, 0.3) is 0 Å². The molecule has 1 atom stereocenters. The molecular weight excluding hydrogens is 202 g/mol. The van der Waals surface area contributed by atoms with E-state index in [-0.39, 0.29) is 0 Å². The molecule has 0 aromatic heterocycles. The zero-order valence-corrected chi connectivity index (χ0v) is 10.7. The summed E-state index contributed by atoms with van der Waals surface area (Å²) in [5, 5.41) is 3.30. The second kappa shape index (κ2) is 6.70. The van der Waals surface area contributed by atoms with Crippen LogP contribution in [0.2, 0.25) is 0 Å². The Morgan fingerprint density at radius 1 is 1.44 bits per heavy atom. The van der Waals surface area contributed by atoms with Crippen LogP contribution in [0.3, 0.4) is 0 Å². The van der Waals surface area contributed by atoms with Crippen LogP contribution >= 0.6 is 0 Å². The van der Waals surface area contributed by atoms with Gasteiger partial charge >= 0.3 is 0 Å². The summed E-state index contributed by atoms with van der Waals surface area (Å²) in [6.07, 6.45) is 4.96. The van der Waals surface area contributed by atoms with Crippen molar-refractivity contribution in [1.29, 1.82) is 0 Å². The molecule has 0 aromatic rings. The molecule has 1 aliphatic rings. The molecule has 1 unspecified atom stereocenters. The zero-order chi connectivity index (χ0) is 12.0. The van der Waals surface area contributed by atoms with Gasteiger partial charge in [-0.15, -0.1) is 0 Å². The monoisotopic (exact) mass is 227 g/mol. The van der Waals surface area contributed by atoms with Crippen LogP contribution in [0.5, 0.6) is 0 Å². The van der Waals surface area contributed by atoms with Crippen molar-refractivity contribution in [3.8, 4) is 0 Å². The number of nitrogens with zero attached hydrogens (tertiary/aromatic N) is 2. The second-order valence-corrected chi connectivity index (χ2v) is 4.87. The maximum atomic E-state index is 5.47. The first-order chi connectivity index (χ1) is 7.61. The van der Waals surface area contributed by atoms with Gasteiger partial charge in [0.15, 0.2) is 0 Å². The zero-order valence-electron chi connectivity index (χ0n) is 10.7. The van der Waals surface area contributed by atoms with Gasteiger partial charge in [0.25, 0.3) is 0 Å². The molecule has 0 saturated heterocycles. The third-order valence-electron chi connectivity index (χ3n) is 2.80. The predicted molar refractivity (Wildman–Crippen MR) is 68.2 cm³/mol. The van der Waals surface area contributed by atoms with Crippen LogP contribution < -0.4 is 16.6 Å². The minimum Gasteiger partial charge on any atom is -0.352 e. The first-order valence-electron chi connectivity index (χ1n) is 6.07. The van der Waals surface area contributed by atoms with Gasteiger partial charge in [0.2, 0.25) is 5.96 Å². The molecule has 0 heterocycles. The molecule has 0 spiro atoms. The number of likely N-dealkylation sites (N-methyl/N-ethyl adjacent to an activating group) is 1. The van der Waals surface area contributed by atoms with Crippen LogP contribution in [0, 0.1) is 0 Å². The summed E-state index contributed by atoms with van der Waals surface area (Å²) in [6.45, 7) is 3.09. The Balaban J connectivity index is 2.40. The molecule has 0 bridgehead atoms. The highest BCUT2D eigenvalue weighted by Gasteiger charge is 2.15. The fourth-order valence-electron chi connectivity index (χ4n) is 2.16. The average Bonchev–Trinajstić information content (AvgIpc) is 2.68. The van der Waals surface area contributed by atoms with E-state index in [9.17, 15) is 0 Å². The summed E-state index contributed by atoms with van der Waals surface area (Å²) in [5.41, 5.74) is 2.65. The third kappa shape index (κ3) is 4.81. The second-order valence-electron chi connectivity index (χ2n) is 4.87. The summed E-state index contributed by atoms with van der Waals surface area (Å²) >= 11 is 0. The molecule has 1 aliphatic carbocycles. The lowest BCUT2D eigenvalue weighted by atomic mass is 10.3. The molecule has 1 saturated carbocycles. The topological polar surface area (TPSA) is 65.7 Å². The minimum atomic E-state index is 0.339. The number of nitrogens with two attached hydrogens (primary N) is 1. The third-order valence-corrected chi connectivity index (χ3v) is 2.80. The molecule has 5 heteroatoms. The lowest BCUT2D eigenvalue weighted by Crippen LogP contribution is -2.48. The Kier molecular flexibility index (Phi) is 5.55. The van der Waals surface area contributed by atoms with Crippen molar-refractivity contribution in [3.63, 3.8) is 0 Å². The standard InChI is InChI=1S/C11H25N5/c1-9(8-16(2)3)13-11(15-12)14-10-6-4-5-7-10/h9-10H,4-8,12H2,1-3H3,(H2,13,14,15). The maximum absolute atomic E-state index is 5.47. The summed E-state index contributed by atoms with van der Waals surface area (Å²) in [6, 6.07) is 0.788. The molecule has 1 rings (SSSR count). The van der Waals surface area contributed by atoms with Crippen molar-refractivity contribution in [2.75, 3.05) is 20.6 Å². The van der Waals surface area contributed by atoms with Crippen LogP contribution in [0.4, 0.5) is 0 Å². The van der Waals surface area contributed by atoms with Crippen molar-refractivity contribution in [3.05, 3.63) is 0 Å². The Hall–Kier alpha value is -0.810. The highest BCUT2D eigenvalue weighted by atomic mass is 15.3. The van der Waals surface area contributed by atoms with Crippen LogP contribution in [-0.4, -0.2) is 43.6 Å². The largest absolute Gasteiger partial charge is 0.352 e. The molecule has 0 amide bonds. The Morgan fingerprint density at radius 3 is 2.56 bits per heavy atom. The first-order valence-corrected chi connectivity index (χ1v) is 6.07. The number of hydrazine groups is 1. The first kappa shape index (κ1) is 13.3. The van der Waals surface area contributed by atoms with Gasteiger partial charge in [-0.25, -0.2) is 10.8 Å². The lowest BCUT2D eigenvalue weighted by Gasteiger charge is -2.20. The molecule has 0 aliphatic heterocycles. The van der Waals surface area contributed by atoms with Gasteiger partial charge in [-0.05, 0) is 33.9 Å². The highest BCUT2D eigenvalue weighted by Crippen LogP contribution is 2.20. The Morgan fingerprint density at radius 2 is 2.06 bits per heavy atom. The molecule has 4 N–H and O–H groups in total. The number of aliphatic imine (C=N–C) groups is 1. The van der Waals surface area contributed by atoms with E-state index in [1.54, 1.807) is 0 Å². The number of hydrogen-bond acceptors (Lipinski definition) is 3. The van der Waals surface area contributed by atoms with Gasteiger partial charge in [0, 0.05) is 12.6 Å². The van der Waals surface area contributed by atoms with E-state index in [1.165, 1.54) is 25.7 Å². The van der Waals surface area contributed by atoms with Gasteiger partial charge in [-0.3, -0.25) is 5.43 Å². The van der Waals surface area contributed by atoms with E-state index < -0.39 is 0 Å².